The predicted molar refractivity (Wildman–Crippen MR) is 159 cm³/mol. The van der Waals surface area contributed by atoms with Crippen LogP contribution in [0.5, 0.6) is 0 Å². The maximum atomic E-state index is 13.9. The summed E-state index contributed by atoms with van der Waals surface area (Å²) < 4.78 is 11.4. The first kappa shape index (κ1) is 31.6. The molecule has 2 aliphatic heterocycles. The minimum absolute atomic E-state index is 0.0464. The van der Waals surface area contributed by atoms with Crippen molar-refractivity contribution in [3.8, 4) is 0 Å². The number of hydrogen-bond acceptors (Lipinski definition) is 12. The van der Waals surface area contributed by atoms with Gasteiger partial charge in [0, 0.05) is 11.8 Å². The molecule has 0 aliphatic carbocycles. The molecule has 1 aromatic heterocycles. The molecule has 2 N–H and O–H groups in total. The number of carbonyl (C=O) groups is 5. The number of amides is 3. The molecule has 2 atom stereocenters. The van der Waals surface area contributed by atoms with Crippen molar-refractivity contribution in [2.24, 2.45) is 5.16 Å². The van der Waals surface area contributed by atoms with Gasteiger partial charge in [0.25, 0.3) is 11.8 Å². The fraction of sp³-hybridized carbons (Fsp3) is 0.276. The SMILES string of the molecule is CO/N=C(\C(=O)N[C@H]1CON(C2(C(=O)OC(c3ccccc3)c3ccccc3)CCC(=O)O2)C1=O)c1csc(NC(=O)CCl)n1. The second-order valence-electron chi connectivity index (χ2n) is 9.66. The third-order valence-electron chi connectivity index (χ3n) is 6.71. The van der Waals surface area contributed by atoms with E-state index in [-0.39, 0.29) is 35.3 Å². The van der Waals surface area contributed by atoms with Crippen molar-refractivity contribution in [1.29, 1.82) is 0 Å². The van der Waals surface area contributed by atoms with E-state index >= 15 is 0 Å². The molecule has 45 heavy (non-hydrogen) atoms. The van der Waals surface area contributed by atoms with E-state index in [1.807, 2.05) is 12.1 Å². The standard InChI is InChI=1S/C29H26ClN5O9S/c1-41-34-23(20-16-45-28(32-20)33-21(36)14-30)25(38)31-19-15-42-35(26(19)39)29(13-12-22(37)44-29)27(40)43-24(17-8-4-2-5-9-17)18-10-6-3-7-11-18/h2-11,16,19,24H,12-15H2,1H3,(H,31,38)(H,32,33,36)/b34-23-/t19-,29?/m0/s1. The number of oxime groups is 1. The number of esters is 2. The Morgan fingerprint density at radius 1 is 1.13 bits per heavy atom. The second kappa shape index (κ2) is 13.8. The van der Waals surface area contributed by atoms with Gasteiger partial charge in [0.1, 0.15) is 31.3 Å². The molecule has 2 aromatic carbocycles. The Morgan fingerprint density at radius 3 is 2.38 bits per heavy atom. The lowest BCUT2D eigenvalue weighted by molar-refractivity contribution is -0.260. The van der Waals surface area contributed by atoms with Crippen LogP contribution in [0.4, 0.5) is 5.13 Å². The third kappa shape index (κ3) is 6.79. The highest BCUT2D eigenvalue weighted by Gasteiger charge is 2.60. The number of aromatic nitrogens is 1. The molecule has 3 amide bonds. The molecule has 14 nitrogen and oxygen atoms in total. The van der Waals surface area contributed by atoms with Gasteiger partial charge in [-0.3, -0.25) is 24.0 Å². The van der Waals surface area contributed by atoms with Crippen LogP contribution in [0.25, 0.3) is 0 Å². The monoisotopic (exact) mass is 655 g/mol. The number of nitrogens with one attached hydrogen (secondary N) is 2. The predicted octanol–water partition coefficient (Wildman–Crippen LogP) is 2.30. The van der Waals surface area contributed by atoms with E-state index < -0.39 is 54.1 Å². The first-order chi connectivity index (χ1) is 21.8. The lowest BCUT2D eigenvalue weighted by atomic mass is 10.0. The number of rotatable bonds is 11. The zero-order valence-electron chi connectivity index (χ0n) is 23.6. The van der Waals surface area contributed by atoms with E-state index in [1.165, 1.54) is 12.5 Å². The number of ether oxygens (including phenoxy) is 2. The van der Waals surface area contributed by atoms with Crippen LogP contribution in [-0.2, 0) is 43.1 Å². The molecule has 3 aromatic rings. The number of anilines is 1. The Kier molecular flexibility index (Phi) is 9.71. The Hall–Kier alpha value is -4.86. The maximum Gasteiger partial charge on any atom is 0.376 e. The van der Waals surface area contributed by atoms with Gasteiger partial charge < -0.3 is 24.9 Å². The van der Waals surface area contributed by atoms with E-state index in [0.29, 0.717) is 16.2 Å². The smallest absolute Gasteiger partial charge is 0.376 e. The molecule has 1 unspecified atom stereocenters. The Balaban J connectivity index is 1.35. The summed E-state index contributed by atoms with van der Waals surface area (Å²) in [6.07, 6.45) is -1.31. The number of carbonyl (C=O) groups excluding carboxylic acids is 5. The number of halogens is 1. The van der Waals surface area contributed by atoms with Gasteiger partial charge in [0.2, 0.25) is 5.91 Å². The van der Waals surface area contributed by atoms with Gasteiger partial charge in [-0.15, -0.1) is 22.9 Å². The largest absolute Gasteiger partial charge is 0.448 e. The van der Waals surface area contributed by atoms with E-state index in [0.717, 1.165) is 11.3 Å². The van der Waals surface area contributed by atoms with Crippen molar-refractivity contribution in [1.82, 2.24) is 15.4 Å². The number of alkyl halides is 1. The van der Waals surface area contributed by atoms with E-state index in [9.17, 15) is 24.0 Å². The lowest BCUT2D eigenvalue weighted by Gasteiger charge is -2.34. The highest BCUT2D eigenvalue weighted by Crippen LogP contribution is 2.37. The van der Waals surface area contributed by atoms with Crippen LogP contribution in [0.1, 0.15) is 35.8 Å². The molecule has 0 radical (unpaired) electrons. The summed E-state index contributed by atoms with van der Waals surface area (Å²) in [6, 6.07) is 16.6. The number of nitrogens with zero attached hydrogens (tertiary/aromatic N) is 3. The first-order valence-corrected chi connectivity index (χ1v) is 14.9. The molecule has 3 heterocycles. The highest BCUT2D eigenvalue weighted by molar-refractivity contribution is 7.14. The summed E-state index contributed by atoms with van der Waals surface area (Å²) in [6.45, 7) is -0.397. The van der Waals surface area contributed by atoms with E-state index in [1.54, 1.807) is 48.5 Å². The number of thiazole rings is 1. The minimum Gasteiger partial charge on any atom is -0.448 e. The Labute approximate surface area is 265 Å². The topological polar surface area (TPSA) is 175 Å². The molecular weight excluding hydrogens is 630 g/mol. The molecule has 2 fully saturated rings. The maximum absolute atomic E-state index is 13.9. The summed E-state index contributed by atoms with van der Waals surface area (Å²) in [5.74, 6) is -4.28. The zero-order valence-corrected chi connectivity index (χ0v) is 25.2. The molecular formula is C29H26ClN5O9S. The van der Waals surface area contributed by atoms with Crippen molar-refractivity contribution in [3.05, 3.63) is 82.9 Å². The van der Waals surface area contributed by atoms with Crippen molar-refractivity contribution in [2.45, 2.75) is 30.7 Å². The van der Waals surface area contributed by atoms with Gasteiger partial charge in [0.05, 0.1) is 6.42 Å². The minimum atomic E-state index is -2.23. The van der Waals surface area contributed by atoms with Gasteiger partial charge in [0.15, 0.2) is 16.9 Å². The third-order valence-corrected chi connectivity index (χ3v) is 7.71. The number of benzene rings is 2. The fourth-order valence-corrected chi connectivity index (χ4v) is 5.42. The lowest BCUT2D eigenvalue weighted by Crippen LogP contribution is -2.57. The zero-order chi connectivity index (χ0) is 32.0. The molecule has 0 saturated carbocycles. The number of hydrogen-bond donors (Lipinski definition) is 2. The number of cyclic esters (lactones) is 1. The van der Waals surface area contributed by atoms with Gasteiger partial charge in [-0.2, -0.15) is 5.06 Å². The summed E-state index contributed by atoms with van der Waals surface area (Å²) in [5.41, 5.74) is -1.20. The van der Waals surface area contributed by atoms with Crippen LogP contribution < -0.4 is 10.6 Å². The molecule has 2 aliphatic rings. The summed E-state index contributed by atoms with van der Waals surface area (Å²) in [4.78, 5) is 79.1. The van der Waals surface area contributed by atoms with Gasteiger partial charge in [-0.25, -0.2) is 9.78 Å². The van der Waals surface area contributed by atoms with Crippen LogP contribution in [-0.4, -0.2) is 76.8 Å². The average Bonchev–Trinajstić information content (AvgIpc) is 3.78. The molecule has 0 bridgehead atoms. The van der Waals surface area contributed by atoms with E-state index in [2.05, 4.69) is 20.8 Å². The number of hydroxylamine groups is 2. The van der Waals surface area contributed by atoms with Crippen molar-refractivity contribution >= 4 is 63.4 Å². The van der Waals surface area contributed by atoms with Crippen LogP contribution in [0.2, 0.25) is 0 Å². The van der Waals surface area contributed by atoms with Crippen molar-refractivity contribution in [3.63, 3.8) is 0 Å². The van der Waals surface area contributed by atoms with Crippen molar-refractivity contribution in [2.75, 3.05) is 24.9 Å². The second-order valence-corrected chi connectivity index (χ2v) is 10.8. The molecule has 5 rings (SSSR count). The summed E-state index contributed by atoms with van der Waals surface area (Å²) >= 11 is 6.52. The molecule has 16 heteroatoms. The highest BCUT2D eigenvalue weighted by atomic mass is 35.5. The van der Waals surface area contributed by atoms with Gasteiger partial charge in [-0.05, 0) is 11.1 Å². The summed E-state index contributed by atoms with van der Waals surface area (Å²) in [5, 5.41) is 10.9. The first-order valence-electron chi connectivity index (χ1n) is 13.5. The molecule has 2 saturated heterocycles. The van der Waals surface area contributed by atoms with Crippen molar-refractivity contribution < 1.29 is 43.1 Å². The normalized spacial score (nSPS) is 19.8. The molecule has 234 valence electrons. The van der Waals surface area contributed by atoms with Crippen LogP contribution in [0.3, 0.4) is 0 Å². The Bertz CT molecular complexity index is 1580. The van der Waals surface area contributed by atoms with E-state index in [4.69, 9.17) is 30.7 Å². The Morgan fingerprint density at radius 2 is 1.80 bits per heavy atom. The average molecular weight is 656 g/mol. The summed E-state index contributed by atoms with van der Waals surface area (Å²) in [7, 11) is 1.21. The van der Waals surface area contributed by atoms with Crippen LogP contribution in [0, 0.1) is 0 Å². The van der Waals surface area contributed by atoms with Crippen LogP contribution >= 0.6 is 22.9 Å². The van der Waals surface area contributed by atoms with Gasteiger partial charge in [-0.1, -0.05) is 65.8 Å². The quantitative estimate of drug-likeness (QED) is 0.135. The fourth-order valence-electron chi connectivity index (χ4n) is 4.64. The van der Waals surface area contributed by atoms with Crippen LogP contribution in [0.15, 0.2) is 71.2 Å². The van der Waals surface area contributed by atoms with Gasteiger partial charge >= 0.3 is 17.7 Å². The molecule has 0 spiro atoms.